The minimum Gasteiger partial charge on any atom is -0.371 e. The first-order valence-corrected chi connectivity index (χ1v) is 4.61. The minimum atomic E-state index is -0.335. The standard InChI is InChI=1S/C12H15NO/c1-3-12(13)10(2)14-9-11-7-5-4-6-8-11/h1,4-8,10,12H,9,13H2,2H3/t10-,12-/m0/s1. The van der Waals surface area contributed by atoms with Crippen molar-refractivity contribution in [1.29, 1.82) is 0 Å². The molecule has 0 saturated carbocycles. The monoisotopic (exact) mass is 189 g/mol. The summed E-state index contributed by atoms with van der Waals surface area (Å²) in [6.07, 6.45) is 5.08. The van der Waals surface area contributed by atoms with Crippen LogP contribution in [0, 0.1) is 12.3 Å². The van der Waals surface area contributed by atoms with E-state index < -0.39 is 0 Å². The summed E-state index contributed by atoms with van der Waals surface area (Å²) in [6.45, 7) is 2.44. The normalized spacial score (nSPS) is 14.4. The molecular weight excluding hydrogens is 174 g/mol. The lowest BCUT2D eigenvalue weighted by molar-refractivity contribution is 0.0470. The molecule has 0 aliphatic heterocycles. The van der Waals surface area contributed by atoms with Crippen molar-refractivity contribution in [2.75, 3.05) is 0 Å². The first-order valence-electron chi connectivity index (χ1n) is 4.61. The van der Waals surface area contributed by atoms with Gasteiger partial charge in [-0.3, -0.25) is 0 Å². The van der Waals surface area contributed by atoms with Crippen LogP contribution in [-0.2, 0) is 11.3 Å². The van der Waals surface area contributed by atoms with Crippen molar-refractivity contribution in [3.63, 3.8) is 0 Å². The molecule has 0 fully saturated rings. The van der Waals surface area contributed by atoms with E-state index in [1.54, 1.807) is 0 Å². The fraction of sp³-hybridized carbons (Fsp3) is 0.333. The summed E-state index contributed by atoms with van der Waals surface area (Å²) in [5.74, 6) is 2.45. The molecule has 0 heterocycles. The molecule has 0 saturated heterocycles. The lowest BCUT2D eigenvalue weighted by Crippen LogP contribution is -2.32. The maximum atomic E-state index is 5.62. The highest BCUT2D eigenvalue weighted by molar-refractivity contribution is 5.13. The Kier molecular flexibility index (Phi) is 4.18. The first-order chi connectivity index (χ1) is 6.74. The number of nitrogens with two attached hydrogens (primary N) is 1. The molecule has 1 aromatic carbocycles. The Balaban J connectivity index is 2.39. The summed E-state index contributed by atoms with van der Waals surface area (Å²) < 4.78 is 5.51. The summed E-state index contributed by atoms with van der Waals surface area (Å²) in [4.78, 5) is 0. The fourth-order valence-electron chi connectivity index (χ4n) is 1.04. The quantitative estimate of drug-likeness (QED) is 0.729. The van der Waals surface area contributed by atoms with Gasteiger partial charge in [-0.15, -0.1) is 6.42 Å². The van der Waals surface area contributed by atoms with E-state index in [0.717, 1.165) is 5.56 Å². The molecule has 0 radical (unpaired) electrons. The van der Waals surface area contributed by atoms with Crippen molar-refractivity contribution in [1.82, 2.24) is 0 Å². The molecule has 2 atom stereocenters. The number of hydrogen-bond acceptors (Lipinski definition) is 2. The SMILES string of the molecule is C#C[C@H](N)[C@H](C)OCc1ccccc1. The van der Waals surface area contributed by atoms with E-state index in [9.17, 15) is 0 Å². The molecule has 1 rings (SSSR count). The van der Waals surface area contributed by atoms with Gasteiger partial charge in [-0.25, -0.2) is 0 Å². The number of benzene rings is 1. The van der Waals surface area contributed by atoms with Crippen LogP contribution >= 0.6 is 0 Å². The predicted molar refractivity (Wildman–Crippen MR) is 57.5 cm³/mol. The Morgan fingerprint density at radius 3 is 2.64 bits per heavy atom. The van der Waals surface area contributed by atoms with Crippen molar-refractivity contribution >= 4 is 0 Å². The van der Waals surface area contributed by atoms with Gasteiger partial charge in [0.05, 0.1) is 18.8 Å². The van der Waals surface area contributed by atoms with Crippen molar-refractivity contribution in [2.24, 2.45) is 5.73 Å². The van der Waals surface area contributed by atoms with Crippen LogP contribution in [0.25, 0.3) is 0 Å². The van der Waals surface area contributed by atoms with Crippen molar-refractivity contribution in [3.8, 4) is 12.3 Å². The van der Waals surface area contributed by atoms with E-state index >= 15 is 0 Å². The molecule has 1 aromatic rings. The highest BCUT2D eigenvalue weighted by Gasteiger charge is 2.09. The van der Waals surface area contributed by atoms with Crippen molar-refractivity contribution < 1.29 is 4.74 Å². The molecule has 0 aromatic heterocycles. The van der Waals surface area contributed by atoms with Crippen LogP contribution in [-0.4, -0.2) is 12.1 Å². The van der Waals surface area contributed by atoms with Crippen molar-refractivity contribution in [2.45, 2.75) is 25.7 Å². The van der Waals surface area contributed by atoms with Crippen molar-refractivity contribution in [3.05, 3.63) is 35.9 Å². The molecule has 0 unspecified atom stereocenters. The predicted octanol–water partition coefficient (Wildman–Crippen LogP) is 1.55. The Bertz CT molecular complexity index is 302. The smallest absolute Gasteiger partial charge is 0.0925 e. The Morgan fingerprint density at radius 2 is 2.07 bits per heavy atom. The first kappa shape index (κ1) is 10.8. The summed E-state index contributed by atoms with van der Waals surface area (Å²) in [7, 11) is 0. The zero-order valence-electron chi connectivity index (χ0n) is 8.31. The Hall–Kier alpha value is -1.30. The van der Waals surface area contributed by atoms with Gasteiger partial charge in [0.15, 0.2) is 0 Å². The highest BCUT2D eigenvalue weighted by Crippen LogP contribution is 2.04. The van der Waals surface area contributed by atoms with Crippen LogP contribution in [0.4, 0.5) is 0 Å². The van der Waals surface area contributed by atoms with Crippen LogP contribution in [0.5, 0.6) is 0 Å². The van der Waals surface area contributed by atoms with Crippen LogP contribution in [0.1, 0.15) is 12.5 Å². The number of rotatable bonds is 4. The molecule has 2 N–H and O–H groups in total. The van der Waals surface area contributed by atoms with Gasteiger partial charge >= 0.3 is 0 Å². The van der Waals surface area contributed by atoms with E-state index in [1.165, 1.54) is 0 Å². The summed E-state index contributed by atoms with van der Waals surface area (Å²) in [5, 5.41) is 0. The van der Waals surface area contributed by atoms with E-state index in [2.05, 4.69) is 5.92 Å². The molecule has 0 bridgehead atoms. The zero-order valence-corrected chi connectivity index (χ0v) is 8.31. The fourth-order valence-corrected chi connectivity index (χ4v) is 1.04. The minimum absolute atomic E-state index is 0.111. The van der Waals surface area contributed by atoms with Gasteiger partial charge < -0.3 is 10.5 Å². The summed E-state index contributed by atoms with van der Waals surface area (Å²) >= 11 is 0. The van der Waals surface area contributed by atoms with Crippen LogP contribution in [0.15, 0.2) is 30.3 Å². The van der Waals surface area contributed by atoms with E-state index in [1.807, 2.05) is 37.3 Å². The second-order valence-corrected chi connectivity index (χ2v) is 3.19. The Labute approximate surface area is 85.1 Å². The van der Waals surface area contributed by atoms with Gasteiger partial charge in [-0.05, 0) is 12.5 Å². The highest BCUT2D eigenvalue weighted by atomic mass is 16.5. The molecule has 0 aliphatic rings. The average Bonchev–Trinajstić information content (AvgIpc) is 2.26. The van der Waals surface area contributed by atoms with E-state index in [4.69, 9.17) is 16.9 Å². The summed E-state index contributed by atoms with van der Waals surface area (Å²) in [5.41, 5.74) is 6.75. The topological polar surface area (TPSA) is 35.2 Å². The molecule has 2 heteroatoms. The maximum Gasteiger partial charge on any atom is 0.0925 e. The van der Waals surface area contributed by atoms with Gasteiger partial charge in [-0.1, -0.05) is 36.3 Å². The molecule has 0 aliphatic carbocycles. The van der Waals surface area contributed by atoms with E-state index in [-0.39, 0.29) is 12.1 Å². The zero-order chi connectivity index (χ0) is 10.4. The molecule has 14 heavy (non-hydrogen) atoms. The van der Waals surface area contributed by atoms with E-state index in [0.29, 0.717) is 6.61 Å². The molecule has 74 valence electrons. The van der Waals surface area contributed by atoms with Gasteiger partial charge in [0.25, 0.3) is 0 Å². The third-order valence-electron chi connectivity index (χ3n) is 2.05. The third kappa shape index (κ3) is 3.21. The van der Waals surface area contributed by atoms with Gasteiger partial charge in [0.2, 0.25) is 0 Å². The van der Waals surface area contributed by atoms with Crippen LogP contribution in [0.3, 0.4) is 0 Å². The van der Waals surface area contributed by atoms with Crippen LogP contribution in [0.2, 0.25) is 0 Å². The van der Waals surface area contributed by atoms with Gasteiger partial charge in [0, 0.05) is 0 Å². The second kappa shape index (κ2) is 5.43. The molecule has 0 spiro atoms. The molecular formula is C12H15NO. The lowest BCUT2D eigenvalue weighted by atomic mass is 10.2. The lowest BCUT2D eigenvalue weighted by Gasteiger charge is -2.15. The number of terminal acetylenes is 1. The number of hydrogen-bond donors (Lipinski definition) is 1. The molecule has 0 amide bonds. The number of ether oxygens (including phenoxy) is 1. The summed E-state index contributed by atoms with van der Waals surface area (Å²) in [6, 6.07) is 9.61. The van der Waals surface area contributed by atoms with Crippen LogP contribution < -0.4 is 5.73 Å². The maximum absolute atomic E-state index is 5.62. The third-order valence-corrected chi connectivity index (χ3v) is 2.05. The van der Waals surface area contributed by atoms with Gasteiger partial charge in [-0.2, -0.15) is 0 Å². The Morgan fingerprint density at radius 1 is 1.43 bits per heavy atom. The van der Waals surface area contributed by atoms with Gasteiger partial charge in [0.1, 0.15) is 0 Å². The average molecular weight is 189 g/mol. The second-order valence-electron chi connectivity index (χ2n) is 3.19. The largest absolute Gasteiger partial charge is 0.371 e. The molecule has 2 nitrogen and oxygen atoms in total.